The number of aromatic nitrogens is 1. The highest BCUT2D eigenvalue weighted by Gasteiger charge is 2.32. The van der Waals surface area contributed by atoms with Crippen molar-refractivity contribution in [2.45, 2.75) is 17.7 Å². The first-order valence-corrected chi connectivity index (χ1v) is 12.0. The van der Waals surface area contributed by atoms with E-state index in [1.807, 2.05) is 0 Å². The van der Waals surface area contributed by atoms with Gasteiger partial charge in [0.15, 0.2) is 5.13 Å². The van der Waals surface area contributed by atoms with Crippen molar-refractivity contribution in [3.05, 3.63) is 57.6 Å². The third-order valence-corrected chi connectivity index (χ3v) is 8.20. The Morgan fingerprint density at radius 2 is 1.87 bits per heavy atom. The maximum absolute atomic E-state index is 12.8. The van der Waals surface area contributed by atoms with E-state index < -0.39 is 14.9 Å². The maximum atomic E-state index is 12.8. The number of fused-ring (bicyclic) bond motifs is 1. The van der Waals surface area contributed by atoms with Crippen molar-refractivity contribution in [3.8, 4) is 0 Å². The summed E-state index contributed by atoms with van der Waals surface area (Å²) in [6.45, 7) is 0.462. The third-order valence-electron chi connectivity index (χ3n) is 5.09. The highest BCUT2D eigenvalue weighted by Crippen LogP contribution is 2.30. The lowest BCUT2D eigenvalue weighted by molar-refractivity contribution is -0.384. The van der Waals surface area contributed by atoms with Gasteiger partial charge < -0.3 is 5.32 Å². The van der Waals surface area contributed by atoms with E-state index in [0.717, 1.165) is 4.70 Å². The number of thiazole rings is 1. The van der Waals surface area contributed by atoms with Gasteiger partial charge in [0.05, 0.1) is 20.0 Å². The number of sulfonamides is 1. The van der Waals surface area contributed by atoms with Gasteiger partial charge in [-0.25, -0.2) is 13.4 Å². The quantitative estimate of drug-likeness (QED) is 0.436. The monoisotopic (exact) mass is 480 g/mol. The number of amides is 1. The molecule has 31 heavy (non-hydrogen) atoms. The fourth-order valence-corrected chi connectivity index (χ4v) is 5.85. The van der Waals surface area contributed by atoms with Crippen molar-refractivity contribution in [1.29, 1.82) is 0 Å². The molecule has 1 amide bonds. The zero-order chi connectivity index (χ0) is 22.2. The number of anilines is 1. The van der Waals surface area contributed by atoms with Crippen LogP contribution in [0.15, 0.2) is 47.4 Å². The first-order valence-electron chi connectivity index (χ1n) is 9.35. The van der Waals surface area contributed by atoms with E-state index in [-0.39, 0.29) is 35.5 Å². The van der Waals surface area contributed by atoms with Crippen molar-refractivity contribution in [2.75, 3.05) is 18.4 Å². The van der Waals surface area contributed by atoms with Crippen LogP contribution in [0.25, 0.3) is 10.2 Å². The summed E-state index contributed by atoms with van der Waals surface area (Å²) in [4.78, 5) is 27.5. The SMILES string of the molecule is O=C(Nc1nc2cc([N+](=O)[O-])ccc2s1)C1CCN(S(=O)(=O)c2ccc(Cl)cc2)CC1. The number of benzene rings is 2. The number of nitrogens with zero attached hydrogens (tertiary/aromatic N) is 3. The number of halogens is 1. The van der Waals surface area contributed by atoms with Crippen LogP contribution in [0.2, 0.25) is 5.02 Å². The lowest BCUT2D eigenvalue weighted by atomic mass is 9.97. The van der Waals surface area contributed by atoms with Crippen LogP contribution in [0.5, 0.6) is 0 Å². The molecule has 0 unspecified atom stereocenters. The summed E-state index contributed by atoms with van der Waals surface area (Å²) in [5.74, 6) is -0.588. The number of carbonyl (C=O) groups excluding carboxylic acids is 1. The van der Waals surface area contributed by atoms with Crippen LogP contribution in [-0.2, 0) is 14.8 Å². The zero-order valence-corrected chi connectivity index (χ0v) is 18.4. The summed E-state index contributed by atoms with van der Waals surface area (Å²) in [7, 11) is -3.64. The number of hydrogen-bond donors (Lipinski definition) is 1. The number of carbonyl (C=O) groups is 1. The number of nitrogens with one attached hydrogen (secondary N) is 1. The van der Waals surface area contributed by atoms with Gasteiger partial charge >= 0.3 is 0 Å². The van der Waals surface area contributed by atoms with Gasteiger partial charge in [-0.3, -0.25) is 14.9 Å². The minimum atomic E-state index is -3.64. The second-order valence-corrected chi connectivity index (χ2v) is 10.5. The topological polar surface area (TPSA) is 123 Å². The van der Waals surface area contributed by atoms with Gasteiger partial charge in [-0.15, -0.1) is 0 Å². The Bertz CT molecular complexity index is 1250. The average molecular weight is 481 g/mol. The fraction of sp³-hybridized carbons (Fsp3) is 0.263. The maximum Gasteiger partial charge on any atom is 0.271 e. The molecule has 0 saturated carbocycles. The third kappa shape index (κ3) is 4.54. The second-order valence-electron chi connectivity index (χ2n) is 7.05. The van der Waals surface area contributed by atoms with Gasteiger partial charge in [0, 0.05) is 36.2 Å². The molecule has 0 atom stereocenters. The minimum absolute atomic E-state index is 0.0649. The summed E-state index contributed by atoms with van der Waals surface area (Å²) >= 11 is 7.06. The molecule has 2 heterocycles. The van der Waals surface area contributed by atoms with Crippen molar-refractivity contribution >= 4 is 59.9 Å². The molecule has 1 N–H and O–H groups in total. The fourth-order valence-electron chi connectivity index (χ4n) is 3.40. The number of non-ortho nitro benzene ring substituents is 1. The van der Waals surface area contributed by atoms with Gasteiger partial charge in [0.2, 0.25) is 15.9 Å². The molecule has 0 bridgehead atoms. The van der Waals surface area contributed by atoms with Crippen LogP contribution in [0.3, 0.4) is 0 Å². The van der Waals surface area contributed by atoms with Crippen LogP contribution in [0, 0.1) is 16.0 Å². The van der Waals surface area contributed by atoms with E-state index in [4.69, 9.17) is 11.6 Å². The molecular formula is C19H17ClN4O5S2. The molecule has 3 aromatic rings. The van der Waals surface area contributed by atoms with Crippen LogP contribution < -0.4 is 5.32 Å². The molecule has 1 aliphatic heterocycles. The number of nitro groups is 1. The summed E-state index contributed by atoms with van der Waals surface area (Å²) in [6.07, 6.45) is 0.768. The first kappa shape index (κ1) is 21.6. The first-order chi connectivity index (χ1) is 14.7. The van der Waals surface area contributed by atoms with Crippen LogP contribution in [-0.4, -0.2) is 41.6 Å². The molecule has 1 aliphatic rings. The van der Waals surface area contributed by atoms with E-state index in [1.165, 1.54) is 52.0 Å². The summed E-state index contributed by atoms with van der Waals surface area (Å²) in [5, 5.41) is 14.5. The average Bonchev–Trinajstić information content (AvgIpc) is 3.15. The molecule has 9 nitrogen and oxygen atoms in total. The molecule has 0 aliphatic carbocycles. The minimum Gasteiger partial charge on any atom is -0.302 e. The second kappa shape index (κ2) is 8.50. The van der Waals surface area contributed by atoms with Gasteiger partial charge in [0.1, 0.15) is 0 Å². The van der Waals surface area contributed by atoms with Crippen molar-refractivity contribution in [1.82, 2.24) is 9.29 Å². The predicted octanol–water partition coefficient (Wildman–Crippen LogP) is 3.90. The molecule has 2 aromatic carbocycles. The van der Waals surface area contributed by atoms with Crippen molar-refractivity contribution in [3.63, 3.8) is 0 Å². The van der Waals surface area contributed by atoms with Gasteiger partial charge in [-0.1, -0.05) is 22.9 Å². The zero-order valence-electron chi connectivity index (χ0n) is 16.0. The molecule has 162 valence electrons. The van der Waals surface area contributed by atoms with Crippen LogP contribution >= 0.6 is 22.9 Å². The Hall–Kier alpha value is -2.60. The summed E-state index contributed by atoms with van der Waals surface area (Å²) in [5.41, 5.74) is 0.378. The summed E-state index contributed by atoms with van der Waals surface area (Å²) < 4.78 is 27.6. The Kier molecular flexibility index (Phi) is 5.93. The molecule has 1 aromatic heterocycles. The van der Waals surface area contributed by atoms with E-state index in [0.29, 0.717) is 28.5 Å². The molecule has 0 radical (unpaired) electrons. The number of rotatable bonds is 5. The Balaban J connectivity index is 1.40. The van der Waals surface area contributed by atoms with Gasteiger partial charge in [-0.2, -0.15) is 4.31 Å². The van der Waals surface area contributed by atoms with Crippen molar-refractivity contribution in [2.24, 2.45) is 5.92 Å². The van der Waals surface area contributed by atoms with Gasteiger partial charge in [-0.05, 0) is 43.2 Å². The predicted molar refractivity (Wildman–Crippen MR) is 118 cm³/mol. The smallest absolute Gasteiger partial charge is 0.271 e. The Morgan fingerprint density at radius 1 is 1.19 bits per heavy atom. The lowest BCUT2D eigenvalue weighted by Crippen LogP contribution is -2.41. The Morgan fingerprint density at radius 3 is 2.52 bits per heavy atom. The number of hydrogen-bond acceptors (Lipinski definition) is 7. The molecule has 0 spiro atoms. The highest BCUT2D eigenvalue weighted by molar-refractivity contribution is 7.89. The van der Waals surface area contributed by atoms with Crippen molar-refractivity contribution < 1.29 is 18.1 Å². The normalized spacial score (nSPS) is 15.8. The molecular weight excluding hydrogens is 464 g/mol. The van der Waals surface area contributed by atoms with E-state index >= 15 is 0 Å². The van der Waals surface area contributed by atoms with E-state index in [2.05, 4.69) is 10.3 Å². The highest BCUT2D eigenvalue weighted by atomic mass is 35.5. The van der Waals surface area contributed by atoms with Crippen LogP contribution in [0.1, 0.15) is 12.8 Å². The molecule has 1 saturated heterocycles. The summed E-state index contributed by atoms with van der Waals surface area (Å²) in [6, 6.07) is 10.3. The number of piperidine rings is 1. The number of nitro benzene ring substituents is 1. The molecule has 4 rings (SSSR count). The molecule has 1 fully saturated rings. The van der Waals surface area contributed by atoms with Crippen LogP contribution in [0.4, 0.5) is 10.8 Å². The van der Waals surface area contributed by atoms with E-state index in [1.54, 1.807) is 6.07 Å². The largest absolute Gasteiger partial charge is 0.302 e. The standard InChI is InChI=1S/C19H17ClN4O5S2/c20-13-1-4-15(5-2-13)31(28,29)23-9-7-12(8-10-23)18(25)22-19-21-16-11-14(24(26)27)3-6-17(16)30-19/h1-6,11-12H,7-10H2,(H,21,22,25). The Labute approximate surface area is 186 Å². The molecule has 12 heteroatoms. The van der Waals surface area contributed by atoms with Gasteiger partial charge in [0.25, 0.3) is 5.69 Å². The lowest BCUT2D eigenvalue weighted by Gasteiger charge is -2.30. The van der Waals surface area contributed by atoms with E-state index in [9.17, 15) is 23.3 Å².